The lowest BCUT2D eigenvalue weighted by atomic mass is 9.88. The Morgan fingerprint density at radius 2 is 1.73 bits per heavy atom. The van der Waals surface area contributed by atoms with E-state index >= 15 is 0 Å². The summed E-state index contributed by atoms with van der Waals surface area (Å²) in [4.78, 5) is 0. The zero-order valence-electron chi connectivity index (χ0n) is 10.7. The zero-order valence-corrected chi connectivity index (χ0v) is 10.7. The van der Waals surface area contributed by atoms with Gasteiger partial charge >= 0.3 is 0 Å². The average Bonchev–Trinajstić information content (AvgIpc) is 2.24. The molecule has 0 spiro atoms. The molecule has 15 heavy (non-hydrogen) atoms. The molecule has 90 valence electrons. The third kappa shape index (κ3) is 7.61. The molecule has 0 bridgehead atoms. The highest BCUT2D eigenvalue weighted by Gasteiger charge is 2.10. The molecule has 2 unspecified atom stereocenters. The third-order valence-electron chi connectivity index (χ3n) is 3.33. The van der Waals surface area contributed by atoms with Gasteiger partial charge in [0.05, 0.1) is 0 Å². The van der Waals surface area contributed by atoms with Crippen molar-refractivity contribution in [1.82, 2.24) is 0 Å². The number of nitrogens with two attached hydrogens (primary N) is 1. The minimum absolute atomic E-state index is 0.846. The highest BCUT2D eigenvalue weighted by Crippen LogP contribution is 2.23. The molecule has 0 aromatic carbocycles. The molecular formula is C14H29N. The molecule has 0 aromatic heterocycles. The van der Waals surface area contributed by atoms with Crippen LogP contribution in [0.2, 0.25) is 0 Å². The van der Waals surface area contributed by atoms with Crippen LogP contribution in [0, 0.1) is 11.8 Å². The van der Waals surface area contributed by atoms with E-state index in [1.54, 1.807) is 0 Å². The van der Waals surface area contributed by atoms with Gasteiger partial charge < -0.3 is 5.73 Å². The highest BCUT2D eigenvalue weighted by molar-refractivity contribution is 4.74. The van der Waals surface area contributed by atoms with E-state index < -0.39 is 0 Å². The van der Waals surface area contributed by atoms with E-state index in [1.807, 2.05) is 0 Å². The summed E-state index contributed by atoms with van der Waals surface area (Å²) in [5.74, 6) is 1.71. The first-order chi connectivity index (χ1) is 7.28. The molecule has 0 rings (SSSR count). The molecule has 0 aliphatic heterocycles. The summed E-state index contributed by atoms with van der Waals surface area (Å²) < 4.78 is 0. The molecule has 0 heterocycles. The third-order valence-corrected chi connectivity index (χ3v) is 3.33. The van der Waals surface area contributed by atoms with E-state index in [1.165, 1.54) is 44.9 Å². The van der Waals surface area contributed by atoms with Crippen molar-refractivity contribution in [2.24, 2.45) is 17.6 Å². The lowest BCUT2D eigenvalue weighted by Gasteiger charge is -2.18. The first-order valence-electron chi connectivity index (χ1n) is 6.59. The Labute approximate surface area is 96.1 Å². The largest absolute Gasteiger partial charge is 0.330 e. The maximum absolute atomic E-state index is 5.61. The lowest BCUT2D eigenvalue weighted by molar-refractivity contribution is 0.357. The minimum atomic E-state index is 0.846. The SMILES string of the molecule is C=CCC(CCC)CCC(CC)CCN. The molecule has 1 nitrogen and oxygen atoms in total. The molecule has 2 N–H and O–H groups in total. The molecular weight excluding hydrogens is 182 g/mol. The van der Waals surface area contributed by atoms with Crippen molar-refractivity contribution in [1.29, 1.82) is 0 Å². The lowest BCUT2D eigenvalue weighted by Crippen LogP contribution is -2.10. The first kappa shape index (κ1) is 14.7. The van der Waals surface area contributed by atoms with E-state index in [-0.39, 0.29) is 0 Å². The topological polar surface area (TPSA) is 26.0 Å². The van der Waals surface area contributed by atoms with Crippen LogP contribution in [0.3, 0.4) is 0 Å². The number of rotatable bonds is 10. The van der Waals surface area contributed by atoms with Crippen molar-refractivity contribution in [3.05, 3.63) is 12.7 Å². The van der Waals surface area contributed by atoms with Gasteiger partial charge in [0.15, 0.2) is 0 Å². The van der Waals surface area contributed by atoms with Crippen LogP contribution in [0.4, 0.5) is 0 Å². The fraction of sp³-hybridized carbons (Fsp3) is 0.857. The molecule has 0 saturated heterocycles. The molecule has 0 aromatic rings. The highest BCUT2D eigenvalue weighted by atomic mass is 14.5. The number of allylic oxidation sites excluding steroid dienone is 1. The van der Waals surface area contributed by atoms with Crippen LogP contribution < -0.4 is 5.73 Å². The maximum atomic E-state index is 5.61. The van der Waals surface area contributed by atoms with Gasteiger partial charge in [0, 0.05) is 0 Å². The Kier molecular flexibility index (Phi) is 10.0. The average molecular weight is 211 g/mol. The van der Waals surface area contributed by atoms with E-state index in [4.69, 9.17) is 5.73 Å². The molecule has 0 fully saturated rings. The van der Waals surface area contributed by atoms with Gasteiger partial charge in [-0.15, -0.1) is 6.58 Å². The molecule has 2 atom stereocenters. The summed E-state index contributed by atoms with van der Waals surface area (Å²) in [5, 5.41) is 0. The summed E-state index contributed by atoms with van der Waals surface area (Å²) in [7, 11) is 0. The van der Waals surface area contributed by atoms with Crippen LogP contribution in [-0.4, -0.2) is 6.54 Å². The summed E-state index contributed by atoms with van der Waals surface area (Å²) >= 11 is 0. The van der Waals surface area contributed by atoms with Crippen LogP contribution >= 0.6 is 0 Å². The molecule has 0 aliphatic rings. The zero-order chi connectivity index (χ0) is 11.5. The number of hydrogen-bond donors (Lipinski definition) is 1. The molecule has 1 heteroatoms. The van der Waals surface area contributed by atoms with Crippen LogP contribution in [-0.2, 0) is 0 Å². The second-order valence-corrected chi connectivity index (χ2v) is 4.61. The van der Waals surface area contributed by atoms with Crippen molar-refractivity contribution < 1.29 is 0 Å². The van der Waals surface area contributed by atoms with Crippen molar-refractivity contribution in [2.45, 2.75) is 58.8 Å². The van der Waals surface area contributed by atoms with Crippen LogP contribution in [0.15, 0.2) is 12.7 Å². The smallest absolute Gasteiger partial charge is 0.00746 e. The van der Waals surface area contributed by atoms with Crippen molar-refractivity contribution >= 4 is 0 Å². The number of hydrogen-bond acceptors (Lipinski definition) is 1. The molecule has 0 aliphatic carbocycles. The quantitative estimate of drug-likeness (QED) is 0.540. The monoisotopic (exact) mass is 211 g/mol. The van der Waals surface area contributed by atoms with Crippen LogP contribution in [0.5, 0.6) is 0 Å². The Hall–Kier alpha value is -0.300. The predicted octanol–water partition coefficient (Wildman–Crippen LogP) is 4.13. The van der Waals surface area contributed by atoms with Crippen LogP contribution in [0.25, 0.3) is 0 Å². The van der Waals surface area contributed by atoms with Crippen molar-refractivity contribution in [3.63, 3.8) is 0 Å². The summed E-state index contributed by atoms with van der Waals surface area (Å²) in [5.41, 5.74) is 5.61. The van der Waals surface area contributed by atoms with Gasteiger partial charge in [0.2, 0.25) is 0 Å². The Morgan fingerprint density at radius 3 is 2.20 bits per heavy atom. The van der Waals surface area contributed by atoms with Crippen molar-refractivity contribution in [3.8, 4) is 0 Å². The Bertz CT molecular complexity index is 142. The summed E-state index contributed by atoms with van der Waals surface area (Å²) in [6, 6.07) is 0. The first-order valence-corrected chi connectivity index (χ1v) is 6.59. The van der Waals surface area contributed by atoms with Gasteiger partial charge in [-0.25, -0.2) is 0 Å². The molecule has 0 radical (unpaired) electrons. The van der Waals surface area contributed by atoms with Gasteiger partial charge in [-0.3, -0.25) is 0 Å². The van der Waals surface area contributed by atoms with Gasteiger partial charge in [-0.2, -0.15) is 0 Å². The fourth-order valence-corrected chi connectivity index (χ4v) is 2.28. The second kappa shape index (κ2) is 10.2. The fourth-order valence-electron chi connectivity index (χ4n) is 2.28. The molecule has 0 saturated carbocycles. The Morgan fingerprint density at radius 1 is 1.07 bits per heavy atom. The van der Waals surface area contributed by atoms with Gasteiger partial charge in [-0.05, 0) is 37.6 Å². The van der Waals surface area contributed by atoms with Gasteiger partial charge in [0.1, 0.15) is 0 Å². The van der Waals surface area contributed by atoms with Gasteiger partial charge in [0.25, 0.3) is 0 Å². The van der Waals surface area contributed by atoms with Crippen molar-refractivity contribution in [2.75, 3.05) is 6.54 Å². The van der Waals surface area contributed by atoms with E-state index in [0.29, 0.717) is 0 Å². The van der Waals surface area contributed by atoms with E-state index in [0.717, 1.165) is 18.4 Å². The summed E-state index contributed by atoms with van der Waals surface area (Å²) in [6.45, 7) is 9.24. The summed E-state index contributed by atoms with van der Waals surface area (Å²) in [6.07, 6.45) is 11.1. The normalized spacial score (nSPS) is 14.9. The Balaban J connectivity index is 3.78. The van der Waals surface area contributed by atoms with E-state index in [2.05, 4.69) is 26.5 Å². The van der Waals surface area contributed by atoms with Gasteiger partial charge in [-0.1, -0.05) is 45.6 Å². The second-order valence-electron chi connectivity index (χ2n) is 4.61. The maximum Gasteiger partial charge on any atom is -0.00746 e. The van der Waals surface area contributed by atoms with E-state index in [9.17, 15) is 0 Å². The predicted molar refractivity (Wildman–Crippen MR) is 69.9 cm³/mol. The van der Waals surface area contributed by atoms with Crippen LogP contribution in [0.1, 0.15) is 58.8 Å². The molecule has 0 amide bonds. The standard InChI is InChI=1S/C14H29N/c1-4-7-14(8-5-2)10-9-13(6-3)11-12-15/h4,13-14H,1,5-12,15H2,2-3H3. The minimum Gasteiger partial charge on any atom is -0.330 e.